The monoisotopic (exact) mass is 460 g/mol. The molecule has 0 bridgehead atoms. The van der Waals surface area contributed by atoms with Crippen LogP contribution in [0.25, 0.3) is 22.4 Å². The van der Waals surface area contributed by atoms with E-state index in [2.05, 4.69) is 15.1 Å². The van der Waals surface area contributed by atoms with E-state index in [9.17, 15) is 8.78 Å². The van der Waals surface area contributed by atoms with Crippen LogP contribution in [0, 0.1) is 11.6 Å². The minimum Gasteiger partial charge on any atom is -0.491 e. The Balaban J connectivity index is 1.76. The van der Waals surface area contributed by atoms with Crippen LogP contribution in [0.15, 0.2) is 42.5 Å². The maximum absolute atomic E-state index is 14.7. The maximum atomic E-state index is 14.7. The van der Waals surface area contributed by atoms with E-state index in [1.807, 2.05) is 12.1 Å². The van der Waals surface area contributed by atoms with Gasteiger partial charge in [-0.1, -0.05) is 29.8 Å². The van der Waals surface area contributed by atoms with Crippen LogP contribution in [0.5, 0.6) is 5.75 Å². The number of fused-ring (bicyclic) bond motifs is 1. The smallest absolute Gasteiger partial charge is 0.182 e. The summed E-state index contributed by atoms with van der Waals surface area (Å²) >= 11 is 6.15. The lowest BCUT2D eigenvalue weighted by atomic mass is 10.1. The van der Waals surface area contributed by atoms with Crippen molar-refractivity contribution in [1.29, 1.82) is 0 Å². The number of hydrogen-bond donors (Lipinski definition) is 1. The Morgan fingerprint density at radius 3 is 2.56 bits per heavy atom. The third kappa shape index (κ3) is 4.55. The Kier molecular flexibility index (Phi) is 6.59. The molecule has 2 aromatic heterocycles. The number of hydrogen-bond acceptors (Lipinski definition) is 6. The molecule has 4 aromatic rings. The third-order valence-corrected chi connectivity index (χ3v) is 4.89. The molecule has 0 radical (unpaired) electrons. The molecule has 0 aliphatic heterocycles. The number of rotatable bonds is 8. The zero-order valence-electron chi connectivity index (χ0n) is 17.1. The summed E-state index contributed by atoms with van der Waals surface area (Å²) in [6.45, 7) is -0.236. The molecule has 7 nitrogen and oxygen atoms in total. The molecule has 0 spiro atoms. The van der Waals surface area contributed by atoms with Gasteiger partial charge in [-0.15, -0.1) is 0 Å². The fraction of sp³-hybridized carbons (Fsp3) is 0.227. The van der Waals surface area contributed by atoms with E-state index in [1.54, 1.807) is 25.3 Å². The number of aliphatic hydroxyl groups excluding tert-OH is 1. The van der Waals surface area contributed by atoms with E-state index >= 15 is 0 Å². The molecule has 166 valence electrons. The Morgan fingerprint density at radius 1 is 1.09 bits per heavy atom. The minimum absolute atomic E-state index is 0.00168. The van der Waals surface area contributed by atoms with E-state index < -0.39 is 11.6 Å². The highest BCUT2D eigenvalue weighted by Gasteiger charge is 2.19. The Hall–Kier alpha value is -3.14. The third-order valence-electron chi connectivity index (χ3n) is 4.69. The second-order valence-electron chi connectivity index (χ2n) is 6.90. The van der Waals surface area contributed by atoms with Gasteiger partial charge in [-0.25, -0.2) is 18.7 Å². The summed E-state index contributed by atoms with van der Waals surface area (Å²) in [5, 5.41) is 14.3. The van der Waals surface area contributed by atoms with Gasteiger partial charge in [0.25, 0.3) is 0 Å². The first kappa shape index (κ1) is 22.1. The molecule has 0 atom stereocenters. The maximum Gasteiger partial charge on any atom is 0.182 e. The number of aliphatic hydroxyl groups is 1. The number of nitrogens with zero attached hydrogens (tertiary/aromatic N) is 4. The molecule has 2 aromatic carbocycles. The largest absolute Gasteiger partial charge is 0.491 e. The summed E-state index contributed by atoms with van der Waals surface area (Å²) < 4.78 is 41.0. The van der Waals surface area contributed by atoms with Crippen molar-refractivity contribution in [3.05, 3.63) is 70.5 Å². The first-order chi connectivity index (χ1) is 15.5. The van der Waals surface area contributed by atoms with Gasteiger partial charge in [0, 0.05) is 30.2 Å². The Labute approximate surface area is 187 Å². The molecule has 0 unspecified atom stereocenters. The normalized spacial score (nSPS) is 11.3. The van der Waals surface area contributed by atoms with Gasteiger partial charge in [0.1, 0.15) is 34.8 Å². The van der Waals surface area contributed by atoms with Crippen molar-refractivity contribution in [2.45, 2.75) is 13.2 Å². The summed E-state index contributed by atoms with van der Waals surface area (Å²) in [6, 6.07) is 11.0. The van der Waals surface area contributed by atoms with E-state index in [-0.39, 0.29) is 48.7 Å². The quantitative estimate of drug-likeness (QED) is 0.400. The highest BCUT2D eigenvalue weighted by atomic mass is 35.5. The Bertz CT molecular complexity index is 1240. The lowest BCUT2D eigenvalue weighted by molar-refractivity contribution is 0.181. The summed E-state index contributed by atoms with van der Waals surface area (Å²) in [5.74, 6) is -1.27. The van der Waals surface area contributed by atoms with Crippen molar-refractivity contribution in [1.82, 2.24) is 19.7 Å². The standard InChI is InChI=1S/C22H19ClF2N4O3/c1-31-12-13-8-20(23)27-22(26-13)21-15-4-2-3-5-19(15)29(28-21)11-16-17(24)9-14(10-18(16)25)32-7-6-30/h2-5,8-10,30H,6-7,11-12H2,1H3. The molecule has 0 aliphatic carbocycles. The summed E-state index contributed by atoms with van der Waals surface area (Å²) in [5.41, 5.74) is 1.49. The number of benzene rings is 2. The van der Waals surface area contributed by atoms with Crippen LogP contribution in [-0.2, 0) is 17.9 Å². The first-order valence-electron chi connectivity index (χ1n) is 9.70. The van der Waals surface area contributed by atoms with Crippen molar-refractivity contribution >= 4 is 22.5 Å². The van der Waals surface area contributed by atoms with Crippen LogP contribution in [-0.4, -0.2) is 45.2 Å². The summed E-state index contributed by atoms with van der Waals surface area (Å²) in [7, 11) is 1.54. The molecular formula is C22H19ClF2N4O3. The van der Waals surface area contributed by atoms with Crippen molar-refractivity contribution in [3.63, 3.8) is 0 Å². The van der Waals surface area contributed by atoms with E-state index in [0.717, 1.165) is 12.1 Å². The van der Waals surface area contributed by atoms with Gasteiger partial charge >= 0.3 is 0 Å². The van der Waals surface area contributed by atoms with Crippen molar-refractivity contribution in [2.75, 3.05) is 20.3 Å². The van der Waals surface area contributed by atoms with Crippen LogP contribution in [0.1, 0.15) is 11.3 Å². The lowest BCUT2D eigenvalue weighted by Gasteiger charge is -2.10. The van der Waals surface area contributed by atoms with E-state index in [4.69, 9.17) is 26.2 Å². The average Bonchev–Trinajstić information content (AvgIpc) is 3.13. The van der Waals surface area contributed by atoms with Crippen LogP contribution in [0.2, 0.25) is 5.15 Å². The predicted molar refractivity (Wildman–Crippen MR) is 115 cm³/mol. The van der Waals surface area contributed by atoms with Crippen LogP contribution in [0.4, 0.5) is 8.78 Å². The molecule has 0 aliphatic rings. The molecular weight excluding hydrogens is 442 g/mol. The molecule has 0 saturated heterocycles. The fourth-order valence-electron chi connectivity index (χ4n) is 3.33. The second kappa shape index (κ2) is 9.56. The lowest BCUT2D eigenvalue weighted by Crippen LogP contribution is -2.08. The van der Waals surface area contributed by atoms with Gasteiger partial charge in [-0.05, 0) is 12.1 Å². The average molecular weight is 461 g/mol. The van der Waals surface area contributed by atoms with E-state index in [0.29, 0.717) is 22.3 Å². The number of ether oxygens (including phenoxy) is 2. The highest BCUT2D eigenvalue weighted by molar-refractivity contribution is 6.29. The summed E-state index contributed by atoms with van der Waals surface area (Å²) in [4.78, 5) is 8.73. The molecule has 4 rings (SSSR count). The van der Waals surface area contributed by atoms with Crippen LogP contribution in [0.3, 0.4) is 0 Å². The molecule has 32 heavy (non-hydrogen) atoms. The van der Waals surface area contributed by atoms with Crippen LogP contribution < -0.4 is 4.74 Å². The molecule has 2 heterocycles. The molecule has 1 N–H and O–H groups in total. The van der Waals surface area contributed by atoms with Gasteiger partial charge in [0.2, 0.25) is 0 Å². The number of para-hydroxylation sites is 1. The van der Waals surface area contributed by atoms with Gasteiger partial charge < -0.3 is 14.6 Å². The van der Waals surface area contributed by atoms with Crippen molar-refractivity contribution in [3.8, 4) is 17.3 Å². The van der Waals surface area contributed by atoms with Gasteiger partial charge in [-0.2, -0.15) is 5.10 Å². The van der Waals surface area contributed by atoms with Gasteiger partial charge in [0.05, 0.1) is 31.0 Å². The fourth-order valence-corrected chi connectivity index (χ4v) is 3.54. The van der Waals surface area contributed by atoms with Crippen LogP contribution >= 0.6 is 11.6 Å². The predicted octanol–water partition coefficient (Wildman–Crippen LogP) is 3.99. The Morgan fingerprint density at radius 2 is 1.84 bits per heavy atom. The number of methoxy groups -OCH3 is 1. The highest BCUT2D eigenvalue weighted by Crippen LogP contribution is 2.29. The topological polar surface area (TPSA) is 82.3 Å². The molecule has 0 fully saturated rings. The minimum atomic E-state index is -0.777. The molecule has 0 amide bonds. The van der Waals surface area contributed by atoms with Crippen molar-refractivity contribution < 1.29 is 23.4 Å². The molecule has 10 heteroatoms. The SMILES string of the molecule is COCc1cc(Cl)nc(-c2nn(Cc3c(F)cc(OCCO)cc3F)c3ccccc23)n1. The first-order valence-corrected chi connectivity index (χ1v) is 10.1. The second-order valence-corrected chi connectivity index (χ2v) is 7.29. The summed E-state index contributed by atoms with van der Waals surface area (Å²) in [6.07, 6.45) is 0. The van der Waals surface area contributed by atoms with Gasteiger partial charge in [0.15, 0.2) is 5.82 Å². The molecule has 0 saturated carbocycles. The zero-order valence-corrected chi connectivity index (χ0v) is 17.8. The number of aromatic nitrogens is 4. The zero-order chi connectivity index (χ0) is 22.7. The van der Waals surface area contributed by atoms with E-state index in [1.165, 1.54) is 4.68 Å². The van der Waals surface area contributed by atoms with Gasteiger partial charge in [-0.3, -0.25) is 4.68 Å². The van der Waals surface area contributed by atoms with Crippen molar-refractivity contribution in [2.24, 2.45) is 0 Å². The number of halogens is 3.